The van der Waals surface area contributed by atoms with Gasteiger partial charge in [-0.05, 0) is 0 Å². The first-order valence-electron chi connectivity index (χ1n) is 2.32. The van der Waals surface area contributed by atoms with Crippen molar-refractivity contribution < 1.29 is 36.2 Å². The molecule has 0 fully saturated rings. The summed E-state index contributed by atoms with van der Waals surface area (Å²) in [7, 11) is -10.8. The predicted octanol–water partition coefficient (Wildman–Crippen LogP) is -3.29. The average molecular weight is 220 g/mol. The maximum Gasteiger partial charge on any atom is 0.182 e. The second-order valence-corrected chi connectivity index (χ2v) is 4.70. The summed E-state index contributed by atoms with van der Waals surface area (Å²) in [4.78, 5) is 0. The van der Waals surface area contributed by atoms with Crippen LogP contribution in [0.2, 0.25) is 0 Å². The van der Waals surface area contributed by atoms with E-state index in [-0.39, 0.29) is 0 Å². The molecule has 0 spiro atoms. The van der Waals surface area contributed by atoms with Crippen LogP contribution >= 0.6 is 0 Å². The van der Waals surface area contributed by atoms with Gasteiger partial charge in [-0.1, -0.05) is 0 Å². The van der Waals surface area contributed by atoms with Crippen molar-refractivity contribution in [3.8, 4) is 0 Å². The Morgan fingerprint density at radius 3 is 1.08 bits per heavy atom. The molecule has 2 N–H and O–H groups in total. The Bertz CT molecular complexity index is 299. The molecule has 2 unspecified atom stereocenters. The molecular formula is C2H4O8S2-2. The fourth-order valence-corrected chi connectivity index (χ4v) is 1.67. The molecule has 0 heterocycles. The lowest BCUT2D eigenvalue weighted by Gasteiger charge is -2.22. The van der Waals surface area contributed by atoms with Gasteiger partial charge >= 0.3 is 0 Å². The van der Waals surface area contributed by atoms with Gasteiger partial charge in [0.15, 0.2) is 10.9 Å². The standard InChI is InChI=1S/C2H6O8S2/c3-1(11(5,6)7)2(4)12(8,9)10/h1-4H,(H,5,6,7)(H,8,9,10)/p-2. The minimum absolute atomic E-state index is 3.15. The van der Waals surface area contributed by atoms with Crippen LogP contribution in [0.15, 0.2) is 0 Å². The quantitative estimate of drug-likeness (QED) is 0.469. The summed E-state index contributed by atoms with van der Waals surface area (Å²) < 4.78 is 59.1. The van der Waals surface area contributed by atoms with Gasteiger partial charge < -0.3 is 19.3 Å². The summed E-state index contributed by atoms with van der Waals surface area (Å²) in [6.45, 7) is 0. The van der Waals surface area contributed by atoms with Gasteiger partial charge in [0.1, 0.15) is 20.2 Å². The van der Waals surface area contributed by atoms with Crippen molar-refractivity contribution in [2.24, 2.45) is 0 Å². The molecule has 8 nitrogen and oxygen atoms in total. The molecule has 74 valence electrons. The minimum atomic E-state index is -5.41. The van der Waals surface area contributed by atoms with Crippen molar-refractivity contribution >= 4 is 20.2 Å². The highest BCUT2D eigenvalue weighted by atomic mass is 32.2. The summed E-state index contributed by atoms with van der Waals surface area (Å²) in [6.07, 6.45) is 0. The summed E-state index contributed by atoms with van der Waals surface area (Å²) in [5.41, 5.74) is -6.31. The van der Waals surface area contributed by atoms with Crippen LogP contribution in [0.3, 0.4) is 0 Å². The van der Waals surface area contributed by atoms with Crippen LogP contribution < -0.4 is 0 Å². The maximum absolute atomic E-state index is 9.85. The number of hydrogen-bond acceptors (Lipinski definition) is 8. The van der Waals surface area contributed by atoms with Crippen molar-refractivity contribution in [2.45, 2.75) is 10.9 Å². The van der Waals surface area contributed by atoms with Crippen LogP contribution in [-0.4, -0.2) is 47.0 Å². The number of rotatable bonds is 3. The predicted molar refractivity (Wildman–Crippen MR) is 31.4 cm³/mol. The zero-order valence-corrected chi connectivity index (χ0v) is 6.95. The topological polar surface area (TPSA) is 155 Å². The Kier molecular flexibility index (Phi) is 3.17. The lowest BCUT2D eigenvalue weighted by Crippen LogP contribution is -2.39. The van der Waals surface area contributed by atoms with Gasteiger partial charge in [0, 0.05) is 0 Å². The Morgan fingerprint density at radius 1 is 0.833 bits per heavy atom. The lowest BCUT2D eigenvalue weighted by molar-refractivity contribution is 0.106. The van der Waals surface area contributed by atoms with E-state index >= 15 is 0 Å². The molecule has 0 rings (SSSR count). The first-order valence-corrected chi connectivity index (χ1v) is 5.26. The SMILES string of the molecule is O=S(=O)([O-])C(O)C(O)S(=O)(=O)[O-]. The third-order valence-corrected chi connectivity index (χ3v) is 2.71. The van der Waals surface area contributed by atoms with Gasteiger partial charge in [0.2, 0.25) is 0 Å². The largest absolute Gasteiger partial charge is 0.746 e. The molecule has 0 aliphatic carbocycles. The zero-order valence-electron chi connectivity index (χ0n) is 5.32. The van der Waals surface area contributed by atoms with E-state index in [9.17, 15) is 25.9 Å². The summed E-state index contributed by atoms with van der Waals surface area (Å²) in [5, 5.41) is 16.5. The molecule has 0 aliphatic rings. The van der Waals surface area contributed by atoms with Gasteiger partial charge in [0.25, 0.3) is 0 Å². The fourth-order valence-electron chi connectivity index (χ4n) is 0.285. The van der Waals surface area contributed by atoms with Gasteiger partial charge in [-0.25, -0.2) is 16.8 Å². The molecule has 12 heavy (non-hydrogen) atoms. The maximum atomic E-state index is 9.85. The summed E-state index contributed by atoms with van der Waals surface area (Å²) >= 11 is 0. The van der Waals surface area contributed by atoms with E-state index in [2.05, 4.69) is 0 Å². The first-order chi connectivity index (χ1) is 5.07. The molecule has 0 aromatic heterocycles. The van der Waals surface area contributed by atoms with E-state index < -0.39 is 31.1 Å². The van der Waals surface area contributed by atoms with Gasteiger partial charge in [-0.15, -0.1) is 0 Å². The highest BCUT2D eigenvalue weighted by Gasteiger charge is 2.27. The fraction of sp³-hybridized carbons (Fsp3) is 1.00. The van der Waals surface area contributed by atoms with Crippen molar-refractivity contribution in [3.05, 3.63) is 0 Å². The molecule has 0 radical (unpaired) electrons. The highest BCUT2D eigenvalue weighted by Crippen LogP contribution is 2.05. The van der Waals surface area contributed by atoms with Gasteiger partial charge in [-0.2, -0.15) is 0 Å². The van der Waals surface area contributed by atoms with Crippen LogP contribution in [0.1, 0.15) is 0 Å². The molecule has 0 aromatic rings. The number of aliphatic hydroxyl groups excluding tert-OH is 2. The molecule has 0 amide bonds. The number of hydrogen-bond donors (Lipinski definition) is 2. The third-order valence-electron chi connectivity index (χ3n) is 0.835. The van der Waals surface area contributed by atoms with Crippen molar-refractivity contribution in [1.82, 2.24) is 0 Å². The smallest absolute Gasteiger partial charge is 0.182 e. The third kappa shape index (κ3) is 3.00. The van der Waals surface area contributed by atoms with E-state index in [1.165, 1.54) is 0 Å². The monoisotopic (exact) mass is 220 g/mol. The van der Waals surface area contributed by atoms with E-state index in [0.29, 0.717) is 0 Å². The Hall–Kier alpha value is -0.260. The van der Waals surface area contributed by atoms with Crippen LogP contribution in [0.4, 0.5) is 0 Å². The van der Waals surface area contributed by atoms with Crippen molar-refractivity contribution in [3.63, 3.8) is 0 Å². The van der Waals surface area contributed by atoms with Crippen LogP contribution in [0.25, 0.3) is 0 Å². The number of aliphatic hydroxyl groups is 2. The van der Waals surface area contributed by atoms with Crippen LogP contribution in [-0.2, 0) is 20.2 Å². The minimum Gasteiger partial charge on any atom is -0.746 e. The zero-order chi connectivity index (χ0) is 10.2. The van der Waals surface area contributed by atoms with E-state index in [0.717, 1.165) is 0 Å². The van der Waals surface area contributed by atoms with Crippen molar-refractivity contribution in [2.75, 3.05) is 0 Å². The molecule has 0 aliphatic heterocycles. The molecule has 0 saturated heterocycles. The molecule has 0 bridgehead atoms. The molecule has 0 saturated carbocycles. The lowest BCUT2D eigenvalue weighted by atomic mass is 10.8. The van der Waals surface area contributed by atoms with E-state index in [1.54, 1.807) is 0 Å². The second-order valence-electron chi connectivity index (χ2n) is 1.77. The molecule has 0 aromatic carbocycles. The second kappa shape index (κ2) is 3.24. The van der Waals surface area contributed by atoms with Crippen molar-refractivity contribution in [1.29, 1.82) is 0 Å². The summed E-state index contributed by atoms with van der Waals surface area (Å²) in [6, 6.07) is 0. The van der Waals surface area contributed by atoms with Gasteiger partial charge in [-0.3, -0.25) is 0 Å². The Labute approximate surface area is 67.9 Å². The highest BCUT2D eigenvalue weighted by molar-refractivity contribution is 7.90. The molecule has 2 atom stereocenters. The normalized spacial score (nSPS) is 18.7. The summed E-state index contributed by atoms with van der Waals surface area (Å²) in [5.74, 6) is 0. The molecular weight excluding hydrogens is 216 g/mol. The average Bonchev–Trinajstić information content (AvgIpc) is 1.80. The van der Waals surface area contributed by atoms with Crippen LogP contribution in [0.5, 0.6) is 0 Å². The van der Waals surface area contributed by atoms with Gasteiger partial charge in [0.05, 0.1) is 0 Å². The first kappa shape index (κ1) is 11.7. The van der Waals surface area contributed by atoms with E-state index in [4.69, 9.17) is 10.2 Å². The van der Waals surface area contributed by atoms with E-state index in [1.807, 2.05) is 0 Å². The van der Waals surface area contributed by atoms with Crippen LogP contribution in [0, 0.1) is 0 Å². The molecule has 10 heteroatoms. The Balaban J connectivity index is 4.89. The Morgan fingerprint density at radius 2 is 1.00 bits per heavy atom.